The number of thiocarbonyl (C=S) groups is 1. The van der Waals surface area contributed by atoms with Gasteiger partial charge in [0.05, 0.1) is 18.1 Å². The maximum absolute atomic E-state index is 12.7. The molecule has 2 heterocycles. The molecule has 0 spiro atoms. The van der Waals surface area contributed by atoms with Gasteiger partial charge >= 0.3 is 6.43 Å². The summed E-state index contributed by atoms with van der Waals surface area (Å²) in [6.07, 6.45) is -2.82. The quantitative estimate of drug-likeness (QED) is 0.514. The van der Waals surface area contributed by atoms with Crippen LogP contribution in [0.4, 0.5) is 14.5 Å². The van der Waals surface area contributed by atoms with Crippen molar-refractivity contribution < 1.29 is 21.6 Å². The van der Waals surface area contributed by atoms with E-state index in [-0.39, 0.29) is 17.4 Å². The SMILES string of the molecule is O=S1(=O)CCN(C(=S)N(Cc2ccc(-c3nnc(C(F)F)o3)cc2)c2ccccc2)CC1. The Morgan fingerprint density at radius 1 is 1.06 bits per heavy atom. The van der Waals surface area contributed by atoms with Crippen LogP contribution in [0.1, 0.15) is 17.9 Å². The maximum Gasteiger partial charge on any atom is 0.314 e. The van der Waals surface area contributed by atoms with Crippen LogP contribution in [0.3, 0.4) is 0 Å². The number of benzene rings is 2. The molecule has 0 unspecified atom stereocenters. The van der Waals surface area contributed by atoms with Gasteiger partial charge in [-0.2, -0.15) is 8.78 Å². The first kappa shape index (κ1) is 22.3. The van der Waals surface area contributed by atoms with Gasteiger partial charge < -0.3 is 14.2 Å². The molecule has 1 saturated heterocycles. The summed E-state index contributed by atoms with van der Waals surface area (Å²) in [7, 11) is -3.02. The maximum atomic E-state index is 12.7. The molecule has 0 radical (unpaired) electrons. The van der Waals surface area contributed by atoms with Gasteiger partial charge in [0.15, 0.2) is 14.9 Å². The Morgan fingerprint density at radius 2 is 1.72 bits per heavy atom. The van der Waals surface area contributed by atoms with Gasteiger partial charge in [-0.1, -0.05) is 30.3 Å². The van der Waals surface area contributed by atoms with Gasteiger partial charge in [0.1, 0.15) is 0 Å². The van der Waals surface area contributed by atoms with Gasteiger partial charge in [-0.25, -0.2) is 8.42 Å². The molecule has 0 aliphatic carbocycles. The third kappa shape index (κ3) is 5.10. The van der Waals surface area contributed by atoms with Gasteiger partial charge in [-0.05, 0) is 42.0 Å². The first-order chi connectivity index (χ1) is 15.3. The summed E-state index contributed by atoms with van der Waals surface area (Å²) in [4.78, 5) is 3.85. The Hall–Kier alpha value is -2.92. The van der Waals surface area contributed by atoms with Crippen molar-refractivity contribution in [2.24, 2.45) is 0 Å². The standard InChI is InChI=1S/C21H20F2N4O3S2/c22-18(23)20-25-24-19(30-20)16-8-6-15(7-9-16)14-27(17-4-2-1-3-5-17)21(31)26-10-12-32(28,29)13-11-26/h1-9,18H,10-14H2. The van der Waals surface area contributed by atoms with Crippen LogP contribution in [-0.2, 0) is 16.4 Å². The molecular formula is C21H20F2N4O3S2. The fraction of sp³-hybridized carbons (Fsp3) is 0.286. The Kier molecular flexibility index (Phi) is 6.47. The van der Waals surface area contributed by atoms with E-state index in [0.717, 1.165) is 11.3 Å². The second-order valence-electron chi connectivity index (χ2n) is 7.29. The monoisotopic (exact) mass is 478 g/mol. The third-order valence-electron chi connectivity index (χ3n) is 5.08. The Bertz CT molecular complexity index is 1170. The average Bonchev–Trinajstić information content (AvgIpc) is 3.29. The number of nitrogens with zero attached hydrogens (tertiary/aromatic N) is 4. The van der Waals surface area contributed by atoms with Gasteiger partial charge in [-0.3, -0.25) is 0 Å². The second-order valence-corrected chi connectivity index (χ2v) is 9.95. The zero-order valence-corrected chi connectivity index (χ0v) is 18.5. The van der Waals surface area contributed by atoms with Crippen molar-refractivity contribution in [3.05, 3.63) is 66.1 Å². The molecule has 1 aliphatic rings. The van der Waals surface area contributed by atoms with Gasteiger partial charge in [-0.15, -0.1) is 10.2 Å². The van der Waals surface area contributed by atoms with Crippen LogP contribution >= 0.6 is 12.2 Å². The molecular weight excluding hydrogens is 458 g/mol. The second kappa shape index (κ2) is 9.29. The number of alkyl halides is 2. The van der Waals surface area contributed by atoms with Crippen LogP contribution in [-0.4, -0.2) is 53.2 Å². The molecule has 0 atom stereocenters. The predicted octanol–water partition coefficient (Wildman–Crippen LogP) is 3.70. The molecule has 11 heteroatoms. The van der Waals surface area contributed by atoms with E-state index in [1.54, 1.807) is 12.1 Å². The van der Waals surface area contributed by atoms with Gasteiger partial charge in [0.25, 0.3) is 5.89 Å². The molecule has 1 aromatic heterocycles. The summed E-state index contributed by atoms with van der Waals surface area (Å²) in [5.74, 6) is -0.533. The summed E-state index contributed by atoms with van der Waals surface area (Å²) in [6, 6.07) is 16.7. The minimum absolute atomic E-state index is 0.0248. The van der Waals surface area contributed by atoms with Crippen molar-refractivity contribution in [1.29, 1.82) is 0 Å². The highest BCUT2D eigenvalue weighted by molar-refractivity contribution is 7.91. The molecule has 168 valence electrons. The Labute approximate surface area is 189 Å². The van der Waals surface area contributed by atoms with Gasteiger partial charge in [0.2, 0.25) is 5.89 Å². The van der Waals surface area contributed by atoms with Crippen molar-refractivity contribution in [1.82, 2.24) is 15.1 Å². The predicted molar refractivity (Wildman–Crippen MR) is 120 cm³/mol. The molecule has 32 heavy (non-hydrogen) atoms. The largest absolute Gasteiger partial charge is 0.415 e. The number of hydrogen-bond donors (Lipinski definition) is 0. The fourth-order valence-corrected chi connectivity index (χ4v) is 4.88. The van der Waals surface area contributed by atoms with E-state index in [1.165, 1.54) is 0 Å². The Morgan fingerprint density at radius 3 is 2.31 bits per heavy atom. The lowest BCUT2D eigenvalue weighted by atomic mass is 10.1. The number of rotatable bonds is 5. The van der Waals surface area contributed by atoms with E-state index in [0.29, 0.717) is 30.3 Å². The first-order valence-electron chi connectivity index (χ1n) is 9.85. The van der Waals surface area contributed by atoms with Crippen LogP contribution in [0.25, 0.3) is 11.5 Å². The van der Waals surface area contributed by atoms with Crippen molar-refractivity contribution in [2.75, 3.05) is 29.5 Å². The Balaban J connectivity index is 1.54. The first-order valence-corrected chi connectivity index (χ1v) is 12.1. The van der Waals surface area contributed by atoms with E-state index >= 15 is 0 Å². The molecule has 1 aliphatic heterocycles. The topological polar surface area (TPSA) is 79.5 Å². The fourth-order valence-electron chi connectivity index (χ4n) is 3.33. The highest BCUT2D eigenvalue weighted by Crippen LogP contribution is 2.25. The summed E-state index contributed by atoms with van der Waals surface area (Å²) in [6.45, 7) is 1.15. The smallest absolute Gasteiger partial charge is 0.314 e. The molecule has 1 fully saturated rings. The molecule has 4 rings (SSSR count). The number of halogens is 2. The van der Waals surface area contributed by atoms with Crippen molar-refractivity contribution >= 4 is 32.9 Å². The molecule has 0 amide bonds. The molecule has 0 N–H and O–H groups in total. The minimum Gasteiger partial charge on any atom is -0.415 e. The number of aromatic nitrogens is 2. The summed E-state index contributed by atoms with van der Waals surface area (Å²) >= 11 is 5.73. The van der Waals surface area contributed by atoms with Crippen LogP contribution in [0.2, 0.25) is 0 Å². The van der Waals surface area contributed by atoms with Crippen LogP contribution in [0.5, 0.6) is 0 Å². The lowest BCUT2D eigenvalue weighted by Gasteiger charge is -2.36. The van der Waals surface area contributed by atoms with E-state index in [1.807, 2.05) is 52.3 Å². The molecule has 2 aromatic carbocycles. The van der Waals surface area contributed by atoms with E-state index < -0.39 is 22.2 Å². The zero-order chi connectivity index (χ0) is 22.7. The summed E-state index contributed by atoms with van der Waals surface area (Å²) in [5, 5.41) is 7.56. The molecule has 7 nitrogen and oxygen atoms in total. The summed E-state index contributed by atoms with van der Waals surface area (Å²) in [5.41, 5.74) is 2.33. The van der Waals surface area contributed by atoms with E-state index in [2.05, 4.69) is 10.2 Å². The molecule has 3 aromatic rings. The van der Waals surface area contributed by atoms with Crippen molar-refractivity contribution in [3.63, 3.8) is 0 Å². The zero-order valence-electron chi connectivity index (χ0n) is 16.9. The van der Waals surface area contributed by atoms with Crippen molar-refractivity contribution in [3.8, 4) is 11.5 Å². The van der Waals surface area contributed by atoms with Crippen LogP contribution in [0, 0.1) is 0 Å². The van der Waals surface area contributed by atoms with E-state index in [4.69, 9.17) is 16.6 Å². The third-order valence-corrected chi connectivity index (χ3v) is 7.17. The highest BCUT2D eigenvalue weighted by atomic mass is 32.2. The normalized spacial score (nSPS) is 15.7. The number of para-hydroxylation sites is 1. The van der Waals surface area contributed by atoms with E-state index in [9.17, 15) is 17.2 Å². The lowest BCUT2D eigenvalue weighted by Crippen LogP contribution is -2.49. The number of hydrogen-bond acceptors (Lipinski definition) is 6. The number of anilines is 1. The molecule has 0 saturated carbocycles. The molecule has 0 bridgehead atoms. The lowest BCUT2D eigenvalue weighted by molar-refractivity contribution is 0.116. The van der Waals surface area contributed by atoms with Crippen LogP contribution in [0.15, 0.2) is 59.0 Å². The number of sulfone groups is 1. The highest BCUT2D eigenvalue weighted by Gasteiger charge is 2.26. The minimum atomic E-state index is -3.02. The average molecular weight is 479 g/mol. The van der Waals surface area contributed by atoms with Crippen LogP contribution < -0.4 is 4.90 Å². The van der Waals surface area contributed by atoms with Crippen molar-refractivity contribution in [2.45, 2.75) is 13.0 Å². The van der Waals surface area contributed by atoms with Gasteiger partial charge in [0, 0.05) is 24.3 Å². The summed E-state index contributed by atoms with van der Waals surface area (Å²) < 4.78 is 54.0.